The van der Waals surface area contributed by atoms with Gasteiger partial charge in [-0.05, 0) is 43.2 Å². The summed E-state index contributed by atoms with van der Waals surface area (Å²) in [6, 6.07) is 7.49. The molecular weight excluding hydrogens is 256 g/mol. The van der Waals surface area contributed by atoms with E-state index >= 15 is 0 Å². The number of Topliss-reactive ketones (excluding diaryl/α,β-unsaturated/α-hetero) is 1. The first-order valence-electron chi connectivity index (χ1n) is 7.54. The normalized spacial score (nSPS) is 30.7. The monoisotopic (exact) mass is 276 g/mol. The Balaban J connectivity index is 1.73. The molecule has 2 heteroatoms. The molecule has 0 heterocycles. The van der Waals surface area contributed by atoms with Crippen LogP contribution in [0.15, 0.2) is 24.3 Å². The minimum Gasteiger partial charge on any atom is -0.294 e. The third-order valence-corrected chi connectivity index (χ3v) is 5.38. The third kappa shape index (κ3) is 2.72. The average molecular weight is 277 g/mol. The Labute approximate surface area is 120 Å². The van der Waals surface area contributed by atoms with Gasteiger partial charge in [-0.1, -0.05) is 49.4 Å². The molecule has 0 aromatic heterocycles. The number of hydrogen-bond acceptors (Lipinski definition) is 1. The minimum atomic E-state index is 0.208. The first-order valence-corrected chi connectivity index (χ1v) is 7.92. The maximum Gasteiger partial charge on any atom is 0.167 e. The molecule has 1 aromatic carbocycles. The molecule has 0 radical (unpaired) electrons. The molecule has 1 nitrogen and oxygen atoms in total. The van der Waals surface area contributed by atoms with Crippen LogP contribution >= 0.6 is 11.6 Å². The first kappa shape index (κ1) is 13.2. The van der Waals surface area contributed by atoms with Gasteiger partial charge < -0.3 is 0 Å². The molecule has 2 aliphatic rings. The fourth-order valence-corrected chi connectivity index (χ4v) is 4.22. The quantitative estimate of drug-likeness (QED) is 0.685. The van der Waals surface area contributed by atoms with E-state index in [1.54, 1.807) is 0 Å². The second kappa shape index (κ2) is 5.66. The number of rotatable bonds is 2. The van der Waals surface area contributed by atoms with Crippen LogP contribution in [0.2, 0.25) is 5.02 Å². The molecule has 0 bridgehead atoms. The highest BCUT2D eigenvalue weighted by Gasteiger charge is 2.35. The summed E-state index contributed by atoms with van der Waals surface area (Å²) in [5.74, 6) is 2.16. The van der Waals surface area contributed by atoms with Crippen LogP contribution in [0.25, 0.3) is 0 Å². The summed E-state index contributed by atoms with van der Waals surface area (Å²) in [5.41, 5.74) is 0.725. The van der Waals surface area contributed by atoms with E-state index in [1.165, 1.54) is 32.1 Å². The Morgan fingerprint density at radius 1 is 1.00 bits per heavy atom. The summed E-state index contributed by atoms with van der Waals surface area (Å²) in [7, 11) is 0. The molecule has 0 N–H and O–H groups in total. The van der Waals surface area contributed by atoms with Crippen LogP contribution in [0.4, 0.5) is 0 Å². The van der Waals surface area contributed by atoms with E-state index in [4.69, 9.17) is 11.6 Å². The molecule has 3 rings (SSSR count). The van der Waals surface area contributed by atoms with E-state index in [2.05, 4.69) is 0 Å². The van der Waals surface area contributed by atoms with Crippen LogP contribution in [0.3, 0.4) is 0 Å². The second-order valence-corrected chi connectivity index (χ2v) is 6.57. The molecule has 1 aromatic rings. The topological polar surface area (TPSA) is 17.1 Å². The van der Waals surface area contributed by atoms with Crippen molar-refractivity contribution < 1.29 is 4.79 Å². The Hall–Kier alpha value is -0.820. The van der Waals surface area contributed by atoms with Gasteiger partial charge in [-0.15, -0.1) is 0 Å². The molecule has 19 heavy (non-hydrogen) atoms. The first-order chi connectivity index (χ1) is 9.25. The molecule has 0 amide bonds. The predicted octanol–water partition coefficient (Wildman–Crippen LogP) is 5.13. The number of carbonyl (C=O) groups excluding carboxylic acids is 1. The molecule has 0 aliphatic heterocycles. The SMILES string of the molecule is O=C(c1ccccc1Cl)C1CCC2CCCCC2C1. The average Bonchev–Trinajstić information content (AvgIpc) is 2.46. The summed E-state index contributed by atoms with van der Waals surface area (Å²) in [6.45, 7) is 0. The highest BCUT2D eigenvalue weighted by Crippen LogP contribution is 2.43. The van der Waals surface area contributed by atoms with E-state index < -0.39 is 0 Å². The van der Waals surface area contributed by atoms with Crippen molar-refractivity contribution in [2.45, 2.75) is 44.9 Å². The van der Waals surface area contributed by atoms with Crippen molar-refractivity contribution >= 4 is 17.4 Å². The van der Waals surface area contributed by atoms with E-state index in [0.29, 0.717) is 5.02 Å². The zero-order valence-corrected chi connectivity index (χ0v) is 12.0. The molecule has 102 valence electrons. The molecule has 0 spiro atoms. The zero-order valence-electron chi connectivity index (χ0n) is 11.3. The smallest absolute Gasteiger partial charge is 0.167 e. The maximum absolute atomic E-state index is 12.6. The van der Waals surface area contributed by atoms with E-state index in [-0.39, 0.29) is 11.7 Å². The molecule has 3 unspecified atom stereocenters. The van der Waals surface area contributed by atoms with E-state index in [0.717, 1.165) is 30.2 Å². The van der Waals surface area contributed by atoms with E-state index in [1.807, 2.05) is 24.3 Å². The van der Waals surface area contributed by atoms with Gasteiger partial charge in [0.05, 0.1) is 5.02 Å². The van der Waals surface area contributed by atoms with Crippen LogP contribution in [0.5, 0.6) is 0 Å². The summed E-state index contributed by atoms with van der Waals surface area (Å²) >= 11 is 6.15. The lowest BCUT2D eigenvalue weighted by Crippen LogP contribution is -2.31. The molecule has 2 aliphatic carbocycles. The molecular formula is C17H21ClO. The van der Waals surface area contributed by atoms with E-state index in [9.17, 15) is 4.79 Å². The van der Waals surface area contributed by atoms with Crippen LogP contribution < -0.4 is 0 Å². The lowest BCUT2D eigenvalue weighted by Gasteiger charge is -2.38. The van der Waals surface area contributed by atoms with Gasteiger partial charge in [0.1, 0.15) is 0 Å². The van der Waals surface area contributed by atoms with Gasteiger partial charge in [0.2, 0.25) is 0 Å². The standard InChI is InChI=1S/C17H21ClO/c18-16-8-4-3-7-15(16)17(19)14-10-9-12-5-1-2-6-13(12)11-14/h3-4,7-8,12-14H,1-2,5-6,9-11H2. The van der Waals surface area contributed by atoms with Gasteiger partial charge in [-0.3, -0.25) is 4.79 Å². The highest BCUT2D eigenvalue weighted by atomic mass is 35.5. The lowest BCUT2D eigenvalue weighted by molar-refractivity contribution is 0.0763. The van der Waals surface area contributed by atoms with Crippen LogP contribution in [-0.4, -0.2) is 5.78 Å². The van der Waals surface area contributed by atoms with Crippen molar-refractivity contribution in [3.63, 3.8) is 0 Å². The lowest BCUT2D eigenvalue weighted by atomic mass is 9.66. The third-order valence-electron chi connectivity index (χ3n) is 5.05. The largest absolute Gasteiger partial charge is 0.294 e. The Morgan fingerprint density at radius 3 is 2.53 bits per heavy atom. The summed E-state index contributed by atoms with van der Waals surface area (Å²) in [6.07, 6.45) is 8.86. The van der Waals surface area contributed by atoms with Gasteiger partial charge in [0.15, 0.2) is 5.78 Å². The van der Waals surface area contributed by atoms with Crippen LogP contribution in [0.1, 0.15) is 55.3 Å². The predicted molar refractivity (Wildman–Crippen MR) is 78.6 cm³/mol. The fourth-order valence-electron chi connectivity index (χ4n) is 3.99. The number of hydrogen-bond donors (Lipinski definition) is 0. The number of halogens is 1. The van der Waals surface area contributed by atoms with Crippen LogP contribution in [0, 0.1) is 17.8 Å². The van der Waals surface area contributed by atoms with Crippen molar-refractivity contribution in [3.05, 3.63) is 34.9 Å². The number of fused-ring (bicyclic) bond motifs is 1. The Kier molecular flexibility index (Phi) is 3.93. The van der Waals surface area contributed by atoms with Gasteiger partial charge in [-0.2, -0.15) is 0 Å². The molecule has 2 saturated carbocycles. The Bertz CT molecular complexity index is 468. The molecule has 3 atom stereocenters. The number of benzene rings is 1. The number of carbonyl (C=O) groups is 1. The minimum absolute atomic E-state index is 0.208. The summed E-state index contributed by atoms with van der Waals surface area (Å²) in [5, 5.41) is 0.610. The van der Waals surface area contributed by atoms with Crippen molar-refractivity contribution in [1.29, 1.82) is 0 Å². The maximum atomic E-state index is 12.6. The van der Waals surface area contributed by atoms with Gasteiger partial charge >= 0.3 is 0 Å². The van der Waals surface area contributed by atoms with Crippen molar-refractivity contribution in [2.24, 2.45) is 17.8 Å². The van der Waals surface area contributed by atoms with Gasteiger partial charge in [0.25, 0.3) is 0 Å². The summed E-state index contributed by atoms with van der Waals surface area (Å²) in [4.78, 5) is 12.6. The fraction of sp³-hybridized carbons (Fsp3) is 0.588. The van der Waals surface area contributed by atoms with Crippen molar-refractivity contribution in [2.75, 3.05) is 0 Å². The second-order valence-electron chi connectivity index (χ2n) is 6.16. The number of ketones is 1. The van der Waals surface area contributed by atoms with Crippen molar-refractivity contribution in [1.82, 2.24) is 0 Å². The van der Waals surface area contributed by atoms with Gasteiger partial charge in [0, 0.05) is 11.5 Å². The Morgan fingerprint density at radius 2 is 1.74 bits per heavy atom. The van der Waals surface area contributed by atoms with Gasteiger partial charge in [-0.25, -0.2) is 0 Å². The highest BCUT2D eigenvalue weighted by molar-refractivity contribution is 6.34. The van der Waals surface area contributed by atoms with Crippen LogP contribution in [-0.2, 0) is 0 Å². The van der Waals surface area contributed by atoms with Crippen molar-refractivity contribution in [3.8, 4) is 0 Å². The summed E-state index contributed by atoms with van der Waals surface area (Å²) < 4.78 is 0. The molecule has 0 saturated heterocycles. The molecule has 2 fully saturated rings. The zero-order chi connectivity index (χ0) is 13.2.